The fourth-order valence-electron chi connectivity index (χ4n) is 2.71. The summed E-state index contributed by atoms with van der Waals surface area (Å²) in [6.45, 7) is 4.08. The van der Waals surface area contributed by atoms with Gasteiger partial charge in [-0.05, 0) is 41.8 Å². The van der Waals surface area contributed by atoms with E-state index >= 15 is 0 Å². The smallest absolute Gasteiger partial charge is 0.127 e. The van der Waals surface area contributed by atoms with E-state index in [2.05, 4.69) is 9.98 Å². The summed E-state index contributed by atoms with van der Waals surface area (Å²) in [5.41, 5.74) is 3.55. The van der Waals surface area contributed by atoms with E-state index in [0.717, 1.165) is 5.56 Å². The zero-order valence-electron chi connectivity index (χ0n) is 15.4. The summed E-state index contributed by atoms with van der Waals surface area (Å²) >= 11 is 0. The first-order chi connectivity index (χ1) is 13.1. The lowest BCUT2D eigenvalue weighted by Gasteiger charge is -2.09. The number of hydrogen-bond acceptors (Lipinski definition) is 4. The maximum atomic E-state index is 10.4. The molecule has 0 aliphatic carbocycles. The Bertz CT molecular complexity index is 991. The van der Waals surface area contributed by atoms with Gasteiger partial charge in [-0.25, -0.2) is 0 Å². The van der Waals surface area contributed by atoms with Crippen LogP contribution in [0, 0.1) is 0 Å². The van der Waals surface area contributed by atoms with E-state index < -0.39 is 0 Å². The van der Waals surface area contributed by atoms with Gasteiger partial charge < -0.3 is 10.2 Å². The average Bonchev–Trinajstić information content (AvgIpc) is 2.67. The third-order valence-electron chi connectivity index (χ3n) is 4.22. The maximum absolute atomic E-state index is 10.4. The van der Waals surface area contributed by atoms with E-state index in [1.807, 2.05) is 62.4 Å². The third kappa shape index (κ3) is 4.42. The highest BCUT2D eigenvalue weighted by Gasteiger charge is 2.08. The van der Waals surface area contributed by atoms with Crippen LogP contribution in [0.15, 0.2) is 76.7 Å². The standard InChI is InChI=1S/C23H22N2O2/c1-16(2)19-10-7-9-18(23(19)27)15-25-21-12-5-4-11-20(21)24-14-17-8-3-6-13-22(17)26/h3-16,26-27H,1-2H3. The number of aliphatic imine (C=N–C) groups is 2. The van der Waals surface area contributed by atoms with E-state index in [0.29, 0.717) is 22.5 Å². The molecule has 3 rings (SSSR count). The first kappa shape index (κ1) is 18.4. The number of phenols is 2. The predicted molar refractivity (Wildman–Crippen MR) is 111 cm³/mol. The molecule has 0 radical (unpaired) electrons. The Morgan fingerprint density at radius 3 is 1.89 bits per heavy atom. The van der Waals surface area contributed by atoms with Gasteiger partial charge in [0.25, 0.3) is 0 Å². The minimum absolute atomic E-state index is 0.178. The topological polar surface area (TPSA) is 65.2 Å². The van der Waals surface area contributed by atoms with Crippen LogP contribution in [-0.4, -0.2) is 22.6 Å². The van der Waals surface area contributed by atoms with Crippen molar-refractivity contribution in [3.05, 3.63) is 83.4 Å². The van der Waals surface area contributed by atoms with Crippen molar-refractivity contribution in [3.8, 4) is 11.5 Å². The molecular weight excluding hydrogens is 336 g/mol. The van der Waals surface area contributed by atoms with E-state index in [4.69, 9.17) is 0 Å². The summed E-state index contributed by atoms with van der Waals surface area (Å²) in [7, 11) is 0. The van der Waals surface area contributed by atoms with Crippen molar-refractivity contribution in [2.75, 3.05) is 0 Å². The van der Waals surface area contributed by atoms with Crippen molar-refractivity contribution in [3.63, 3.8) is 0 Å². The SMILES string of the molecule is CC(C)c1cccc(C=Nc2ccccc2N=Cc2ccccc2O)c1O. The van der Waals surface area contributed by atoms with Gasteiger partial charge in [0.1, 0.15) is 11.5 Å². The Kier molecular flexibility index (Phi) is 5.67. The molecule has 0 aromatic heterocycles. The van der Waals surface area contributed by atoms with Crippen molar-refractivity contribution in [2.24, 2.45) is 9.98 Å². The van der Waals surface area contributed by atoms with Crippen LogP contribution in [0.5, 0.6) is 11.5 Å². The molecule has 0 saturated carbocycles. The van der Waals surface area contributed by atoms with Crippen molar-refractivity contribution >= 4 is 23.8 Å². The lowest BCUT2D eigenvalue weighted by molar-refractivity contribution is 0.464. The lowest BCUT2D eigenvalue weighted by Crippen LogP contribution is -1.92. The number of aromatic hydroxyl groups is 2. The summed E-state index contributed by atoms with van der Waals surface area (Å²) in [4.78, 5) is 8.97. The van der Waals surface area contributed by atoms with E-state index in [1.165, 1.54) is 0 Å². The zero-order valence-corrected chi connectivity index (χ0v) is 15.4. The zero-order chi connectivity index (χ0) is 19.2. The third-order valence-corrected chi connectivity index (χ3v) is 4.22. The first-order valence-corrected chi connectivity index (χ1v) is 8.83. The largest absolute Gasteiger partial charge is 0.507 e. The second-order valence-electron chi connectivity index (χ2n) is 6.50. The highest BCUT2D eigenvalue weighted by Crippen LogP contribution is 2.30. The Morgan fingerprint density at radius 1 is 0.704 bits per heavy atom. The Labute approximate surface area is 159 Å². The first-order valence-electron chi connectivity index (χ1n) is 8.83. The molecule has 3 aromatic carbocycles. The molecule has 2 N–H and O–H groups in total. The molecular formula is C23H22N2O2. The molecule has 0 saturated heterocycles. The molecule has 4 nitrogen and oxygen atoms in total. The summed E-state index contributed by atoms with van der Waals surface area (Å²) in [6, 6.07) is 20.2. The highest BCUT2D eigenvalue weighted by atomic mass is 16.3. The van der Waals surface area contributed by atoms with Gasteiger partial charge >= 0.3 is 0 Å². The molecule has 3 aromatic rings. The van der Waals surface area contributed by atoms with E-state index in [9.17, 15) is 10.2 Å². The Hall–Kier alpha value is -3.40. The van der Waals surface area contributed by atoms with Crippen molar-refractivity contribution in [2.45, 2.75) is 19.8 Å². The van der Waals surface area contributed by atoms with Gasteiger partial charge in [-0.1, -0.05) is 50.2 Å². The molecule has 0 bridgehead atoms. The van der Waals surface area contributed by atoms with E-state index in [1.54, 1.807) is 30.6 Å². The summed E-state index contributed by atoms with van der Waals surface area (Å²) in [5.74, 6) is 0.665. The van der Waals surface area contributed by atoms with Crippen LogP contribution in [-0.2, 0) is 0 Å². The lowest BCUT2D eigenvalue weighted by atomic mass is 9.99. The predicted octanol–water partition coefficient (Wildman–Crippen LogP) is 5.72. The fraction of sp³-hybridized carbons (Fsp3) is 0.130. The van der Waals surface area contributed by atoms with Crippen LogP contribution >= 0.6 is 0 Å². The maximum Gasteiger partial charge on any atom is 0.127 e. The molecule has 0 fully saturated rings. The van der Waals surface area contributed by atoms with Gasteiger partial charge in [0.15, 0.2) is 0 Å². The fourth-order valence-corrected chi connectivity index (χ4v) is 2.71. The Balaban J connectivity index is 1.90. The van der Waals surface area contributed by atoms with Crippen LogP contribution in [0.1, 0.15) is 36.5 Å². The number of phenolic OH excluding ortho intramolecular Hbond substituents is 2. The molecule has 136 valence electrons. The van der Waals surface area contributed by atoms with E-state index in [-0.39, 0.29) is 17.4 Å². The second-order valence-corrected chi connectivity index (χ2v) is 6.50. The summed E-state index contributed by atoms with van der Waals surface area (Å²) in [5, 5.41) is 20.3. The minimum atomic E-state index is 0.178. The molecule has 0 spiro atoms. The van der Waals surface area contributed by atoms with Crippen molar-refractivity contribution in [1.29, 1.82) is 0 Å². The van der Waals surface area contributed by atoms with Gasteiger partial charge in [-0.3, -0.25) is 9.98 Å². The second kappa shape index (κ2) is 8.32. The molecule has 0 aliphatic rings. The number of benzene rings is 3. The molecule has 0 heterocycles. The summed E-state index contributed by atoms with van der Waals surface area (Å²) in [6.07, 6.45) is 3.26. The quantitative estimate of drug-likeness (QED) is 0.573. The van der Waals surface area contributed by atoms with Gasteiger partial charge in [0.2, 0.25) is 0 Å². The number of nitrogens with zero attached hydrogens (tertiary/aromatic N) is 2. The van der Waals surface area contributed by atoms with Gasteiger partial charge in [-0.2, -0.15) is 0 Å². The van der Waals surface area contributed by atoms with Crippen LogP contribution in [0.2, 0.25) is 0 Å². The summed E-state index contributed by atoms with van der Waals surface area (Å²) < 4.78 is 0. The molecule has 0 amide bonds. The molecule has 0 aliphatic heterocycles. The average molecular weight is 358 g/mol. The van der Waals surface area contributed by atoms with Gasteiger partial charge in [0.05, 0.1) is 11.4 Å². The van der Waals surface area contributed by atoms with Crippen molar-refractivity contribution in [1.82, 2.24) is 0 Å². The van der Waals surface area contributed by atoms with Crippen LogP contribution in [0.4, 0.5) is 11.4 Å². The monoisotopic (exact) mass is 358 g/mol. The molecule has 27 heavy (non-hydrogen) atoms. The Morgan fingerprint density at radius 2 is 1.26 bits per heavy atom. The normalized spacial score (nSPS) is 11.7. The highest BCUT2D eigenvalue weighted by molar-refractivity contribution is 5.89. The number of para-hydroxylation sites is 4. The van der Waals surface area contributed by atoms with Gasteiger partial charge in [0, 0.05) is 23.6 Å². The van der Waals surface area contributed by atoms with Crippen LogP contribution < -0.4 is 0 Å². The van der Waals surface area contributed by atoms with Crippen molar-refractivity contribution < 1.29 is 10.2 Å². The number of hydrogen-bond donors (Lipinski definition) is 2. The minimum Gasteiger partial charge on any atom is -0.507 e. The molecule has 0 atom stereocenters. The molecule has 0 unspecified atom stereocenters. The van der Waals surface area contributed by atoms with Gasteiger partial charge in [-0.15, -0.1) is 0 Å². The number of rotatable bonds is 5. The van der Waals surface area contributed by atoms with Crippen LogP contribution in [0.25, 0.3) is 0 Å². The van der Waals surface area contributed by atoms with Crippen LogP contribution in [0.3, 0.4) is 0 Å². The molecule has 4 heteroatoms.